The zero-order valence-electron chi connectivity index (χ0n) is 34.1. The average Bonchev–Trinajstić information content (AvgIpc) is 3.14. The Morgan fingerprint density at radius 2 is 0.863 bits per heavy atom. The molecule has 0 fully saturated rings. The van der Waals surface area contributed by atoms with Crippen molar-refractivity contribution in [2.45, 2.75) is 225 Å². The Hall–Kier alpha value is -1.65. The number of aliphatic hydroxyl groups excluding tert-OH is 1. The van der Waals surface area contributed by atoms with Gasteiger partial charge in [0, 0.05) is 13.0 Å². The van der Waals surface area contributed by atoms with Crippen LogP contribution in [0.3, 0.4) is 0 Å². The maximum Gasteiger partial charge on any atom is 0.306 e. The number of unbranched alkanes of at least 4 members (excludes halogenated alkanes) is 25. The lowest BCUT2D eigenvalue weighted by atomic mass is 10.0. The molecule has 0 aliphatic carbocycles. The minimum atomic E-state index is -0.541. The molecule has 0 bridgehead atoms. The third-order valence-corrected chi connectivity index (χ3v) is 9.61. The SMILES string of the molecule is CCC/C=C\C/C=C\CCCCCCCC(=O)OC(CO)COCCCCCCCCCCCCCCCC/C=C\C/C=C\CCCCCCC. The summed E-state index contributed by atoms with van der Waals surface area (Å²) in [6, 6.07) is 0. The highest BCUT2D eigenvalue weighted by atomic mass is 16.6. The molecular weight excluding hydrogens is 629 g/mol. The zero-order valence-corrected chi connectivity index (χ0v) is 34.1. The van der Waals surface area contributed by atoms with Gasteiger partial charge in [-0.25, -0.2) is 0 Å². The number of esters is 1. The number of allylic oxidation sites excluding steroid dienone is 8. The van der Waals surface area contributed by atoms with Gasteiger partial charge in [-0.15, -0.1) is 0 Å². The summed E-state index contributed by atoms with van der Waals surface area (Å²) in [7, 11) is 0. The van der Waals surface area contributed by atoms with Crippen LogP contribution in [0.25, 0.3) is 0 Å². The lowest BCUT2D eigenvalue weighted by Crippen LogP contribution is -2.27. The second kappa shape index (κ2) is 44.5. The van der Waals surface area contributed by atoms with Crippen LogP contribution in [0.2, 0.25) is 0 Å². The zero-order chi connectivity index (χ0) is 37.0. The lowest BCUT2D eigenvalue weighted by Gasteiger charge is -2.15. The quantitative estimate of drug-likeness (QED) is 0.0389. The number of ether oxygens (including phenoxy) is 2. The molecule has 4 heteroatoms. The van der Waals surface area contributed by atoms with Crippen LogP contribution in [-0.4, -0.2) is 37.0 Å². The normalized spacial score (nSPS) is 12.8. The van der Waals surface area contributed by atoms with E-state index in [0.29, 0.717) is 19.6 Å². The van der Waals surface area contributed by atoms with Crippen LogP contribution < -0.4 is 0 Å². The molecular formula is C47H86O4. The number of rotatable bonds is 41. The van der Waals surface area contributed by atoms with Gasteiger partial charge in [0.2, 0.25) is 0 Å². The fraction of sp³-hybridized carbons (Fsp3) is 0.809. The highest BCUT2D eigenvalue weighted by Gasteiger charge is 2.13. The van der Waals surface area contributed by atoms with Crippen LogP contribution in [0.5, 0.6) is 0 Å². The molecule has 298 valence electrons. The molecule has 0 aliphatic rings. The third-order valence-electron chi connectivity index (χ3n) is 9.61. The van der Waals surface area contributed by atoms with Gasteiger partial charge >= 0.3 is 5.97 Å². The number of carbonyl (C=O) groups excluding carboxylic acids is 1. The summed E-state index contributed by atoms with van der Waals surface area (Å²) in [6.07, 6.45) is 57.5. The molecule has 51 heavy (non-hydrogen) atoms. The van der Waals surface area contributed by atoms with E-state index < -0.39 is 6.10 Å². The molecule has 1 unspecified atom stereocenters. The van der Waals surface area contributed by atoms with Gasteiger partial charge in [0.15, 0.2) is 0 Å². The van der Waals surface area contributed by atoms with Crippen molar-refractivity contribution in [1.82, 2.24) is 0 Å². The molecule has 1 N–H and O–H groups in total. The number of carbonyl (C=O) groups is 1. The molecule has 0 aromatic carbocycles. The van der Waals surface area contributed by atoms with E-state index in [1.807, 2.05) is 0 Å². The standard InChI is InChI=1S/C47H86O4/c1-3-5-7-9-11-13-15-17-18-19-20-21-22-23-24-25-26-27-28-29-31-33-35-37-39-41-43-50-45-46(44-48)51-47(49)42-40-38-36-34-32-30-16-14-12-10-8-6-4-2/h8,10,14-17,19-20,46,48H,3-7,9,11-13,18,21-45H2,1-2H3/b10-8-,16-14-,17-15-,20-19-. The predicted molar refractivity (Wildman–Crippen MR) is 223 cm³/mol. The summed E-state index contributed by atoms with van der Waals surface area (Å²) in [4.78, 5) is 12.2. The first-order chi connectivity index (χ1) is 25.2. The number of aliphatic hydroxyl groups is 1. The van der Waals surface area contributed by atoms with Gasteiger partial charge < -0.3 is 14.6 Å². The average molecular weight is 715 g/mol. The van der Waals surface area contributed by atoms with Crippen molar-refractivity contribution in [3.8, 4) is 0 Å². The Balaban J connectivity index is 3.39. The highest BCUT2D eigenvalue weighted by molar-refractivity contribution is 5.69. The Morgan fingerprint density at radius 1 is 0.471 bits per heavy atom. The first-order valence-corrected chi connectivity index (χ1v) is 22.2. The highest BCUT2D eigenvalue weighted by Crippen LogP contribution is 2.14. The number of hydrogen-bond acceptors (Lipinski definition) is 4. The summed E-state index contributed by atoms with van der Waals surface area (Å²) in [5.41, 5.74) is 0. The molecule has 0 amide bonds. The van der Waals surface area contributed by atoms with E-state index in [2.05, 4.69) is 62.5 Å². The first kappa shape index (κ1) is 49.4. The van der Waals surface area contributed by atoms with Gasteiger partial charge in [-0.1, -0.05) is 191 Å². The predicted octanol–water partition coefficient (Wildman–Crippen LogP) is 14.7. The van der Waals surface area contributed by atoms with Crippen molar-refractivity contribution >= 4 is 5.97 Å². The fourth-order valence-electron chi connectivity index (χ4n) is 6.28. The van der Waals surface area contributed by atoms with Gasteiger partial charge in [0.1, 0.15) is 6.10 Å². The Bertz CT molecular complexity index is 798. The van der Waals surface area contributed by atoms with E-state index in [0.717, 1.165) is 44.9 Å². The van der Waals surface area contributed by atoms with Crippen LogP contribution in [-0.2, 0) is 14.3 Å². The van der Waals surface area contributed by atoms with E-state index in [-0.39, 0.29) is 12.6 Å². The fourth-order valence-corrected chi connectivity index (χ4v) is 6.28. The second-order valence-electron chi connectivity index (χ2n) is 14.8. The van der Waals surface area contributed by atoms with Crippen LogP contribution in [0.1, 0.15) is 219 Å². The van der Waals surface area contributed by atoms with Crippen molar-refractivity contribution in [1.29, 1.82) is 0 Å². The van der Waals surface area contributed by atoms with Crippen molar-refractivity contribution in [2.24, 2.45) is 0 Å². The van der Waals surface area contributed by atoms with Crippen molar-refractivity contribution < 1.29 is 19.4 Å². The van der Waals surface area contributed by atoms with Crippen LogP contribution in [0, 0.1) is 0 Å². The van der Waals surface area contributed by atoms with Gasteiger partial charge in [-0.05, 0) is 70.6 Å². The molecule has 0 saturated carbocycles. The van der Waals surface area contributed by atoms with E-state index in [9.17, 15) is 9.90 Å². The maximum atomic E-state index is 12.2. The number of hydrogen-bond donors (Lipinski definition) is 1. The maximum absolute atomic E-state index is 12.2. The van der Waals surface area contributed by atoms with Gasteiger partial charge in [-0.2, -0.15) is 0 Å². The van der Waals surface area contributed by atoms with E-state index in [1.54, 1.807) is 0 Å². The lowest BCUT2D eigenvalue weighted by molar-refractivity contribution is -0.154. The molecule has 0 spiro atoms. The molecule has 0 aliphatic heterocycles. The molecule has 0 rings (SSSR count). The third kappa shape index (κ3) is 42.7. The van der Waals surface area contributed by atoms with Crippen molar-refractivity contribution in [2.75, 3.05) is 19.8 Å². The summed E-state index contributed by atoms with van der Waals surface area (Å²) >= 11 is 0. The smallest absolute Gasteiger partial charge is 0.306 e. The molecule has 4 nitrogen and oxygen atoms in total. The van der Waals surface area contributed by atoms with E-state index >= 15 is 0 Å². The molecule has 0 aromatic heterocycles. The topological polar surface area (TPSA) is 55.8 Å². The molecule has 0 saturated heterocycles. The second-order valence-corrected chi connectivity index (χ2v) is 14.8. The Labute approximate surface area is 318 Å². The van der Waals surface area contributed by atoms with Gasteiger partial charge in [0.05, 0.1) is 13.2 Å². The molecule has 0 aromatic rings. The molecule has 0 radical (unpaired) electrons. The minimum Gasteiger partial charge on any atom is -0.457 e. The van der Waals surface area contributed by atoms with Crippen molar-refractivity contribution in [3.63, 3.8) is 0 Å². The van der Waals surface area contributed by atoms with E-state index in [1.165, 1.54) is 154 Å². The summed E-state index contributed by atoms with van der Waals surface area (Å²) < 4.78 is 11.1. The monoisotopic (exact) mass is 715 g/mol. The van der Waals surface area contributed by atoms with Crippen LogP contribution >= 0.6 is 0 Å². The Kier molecular flexibility index (Phi) is 43.1. The molecule has 1 atom stereocenters. The summed E-state index contributed by atoms with van der Waals surface area (Å²) in [6.45, 7) is 5.27. The largest absolute Gasteiger partial charge is 0.457 e. The summed E-state index contributed by atoms with van der Waals surface area (Å²) in [5.74, 6) is -0.215. The van der Waals surface area contributed by atoms with E-state index in [4.69, 9.17) is 9.47 Å². The van der Waals surface area contributed by atoms with Gasteiger partial charge in [-0.3, -0.25) is 4.79 Å². The van der Waals surface area contributed by atoms with Crippen LogP contribution in [0.4, 0.5) is 0 Å². The Morgan fingerprint density at radius 3 is 1.29 bits per heavy atom. The van der Waals surface area contributed by atoms with Crippen LogP contribution in [0.15, 0.2) is 48.6 Å². The molecule has 0 heterocycles. The van der Waals surface area contributed by atoms with Crippen molar-refractivity contribution in [3.05, 3.63) is 48.6 Å². The minimum absolute atomic E-state index is 0.177. The first-order valence-electron chi connectivity index (χ1n) is 22.2. The summed E-state index contributed by atoms with van der Waals surface area (Å²) in [5, 5.41) is 9.59. The van der Waals surface area contributed by atoms with Gasteiger partial charge in [0.25, 0.3) is 0 Å².